The average Bonchev–Trinajstić information content (AvgIpc) is 2.18. The first kappa shape index (κ1) is 11.4. The van der Waals surface area contributed by atoms with Crippen LogP contribution < -0.4 is 15.8 Å². The summed E-state index contributed by atoms with van der Waals surface area (Å²) in [7, 11) is 1.56. The van der Waals surface area contributed by atoms with Crippen molar-refractivity contribution >= 4 is 17.3 Å². The van der Waals surface area contributed by atoms with Crippen molar-refractivity contribution in [2.45, 2.75) is 19.8 Å². The van der Waals surface area contributed by atoms with Crippen LogP contribution in [0.4, 0.5) is 11.4 Å². The number of nitrogens with one attached hydrogen (secondary N) is 1. The normalized spacial score (nSPS) is 9.73. The molecular weight excluding hydrogens is 192 g/mol. The number of anilines is 2. The van der Waals surface area contributed by atoms with Gasteiger partial charge in [0, 0.05) is 12.1 Å². The van der Waals surface area contributed by atoms with Gasteiger partial charge in [-0.2, -0.15) is 0 Å². The van der Waals surface area contributed by atoms with E-state index in [4.69, 9.17) is 10.5 Å². The molecule has 4 nitrogen and oxygen atoms in total. The van der Waals surface area contributed by atoms with Gasteiger partial charge < -0.3 is 15.8 Å². The maximum Gasteiger partial charge on any atom is 0.224 e. The minimum Gasteiger partial charge on any atom is -0.495 e. The predicted molar refractivity (Wildman–Crippen MR) is 60.9 cm³/mol. The number of hydrogen-bond donors (Lipinski definition) is 2. The number of nitrogens with two attached hydrogens (primary N) is 1. The summed E-state index contributed by atoms with van der Waals surface area (Å²) < 4.78 is 5.11. The lowest BCUT2D eigenvalue weighted by Gasteiger charge is -2.10. The molecule has 0 aliphatic heterocycles. The molecule has 1 rings (SSSR count). The van der Waals surface area contributed by atoms with Crippen molar-refractivity contribution in [3.8, 4) is 5.75 Å². The fourth-order valence-electron chi connectivity index (χ4n) is 1.26. The van der Waals surface area contributed by atoms with Gasteiger partial charge in [-0.3, -0.25) is 4.79 Å². The summed E-state index contributed by atoms with van der Waals surface area (Å²) in [5.41, 5.74) is 6.85. The first-order chi connectivity index (χ1) is 7.17. The van der Waals surface area contributed by atoms with Crippen molar-refractivity contribution < 1.29 is 9.53 Å². The lowest BCUT2D eigenvalue weighted by molar-refractivity contribution is -0.116. The molecule has 0 saturated carbocycles. The van der Waals surface area contributed by atoms with E-state index >= 15 is 0 Å². The van der Waals surface area contributed by atoms with Crippen molar-refractivity contribution in [1.29, 1.82) is 0 Å². The zero-order valence-corrected chi connectivity index (χ0v) is 9.04. The third kappa shape index (κ3) is 3.16. The molecule has 0 heterocycles. The van der Waals surface area contributed by atoms with Crippen LogP contribution in [0.25, 0.3) is 0 Å². The molecule has 1 aromatic rings. The number of amides is 1. The molecule has 0 unspecified atom stereocenters. The maximum atomic E-state index is 11.4. The molecule has 15 heavy (non-hydrogen) atoms. The summed E-state index contributed by atoms with van der Waals surface area (Å²) >= 11 is 0. The minimum absolute atomic E-state index is 0.0265. The molecule has 0 aliphatic rings. The van der Waals surface area contributed by atoms with E-state index in [1.54, 1.807) is 25.3 Å². The second-order valence-electron chi connectivity index (χ2n) is 3.26. The summed E-state index contributed by atoms with van der Waals surface area (Å²) in [5, 5.41) is 2.76. The highest BCUT2D eigenvalue weighted by atomic mass is 16.5. The van der Waals surface area contributed by atoms with Gasteiger partial charge in [-0.25, -0.2) is 0 Å². The van der Waals surface area contributed by atoms with Gasteiger partial charge in [0.25, 0.3) is 0 Å². The van der Waals surface area contributed by atoms with Crippen molar-refractivity contribution in [2.24, 2.45) is 0 Å². The molecule has 0 saturated heterocycles. The summed E-state index contributed by atoms with van der Waals surface area (Å²) in [4.78, 5) is 11.4. The number of ether oxygens (including phenoxy) is 1. The van der Waals surface area contributed by atoms with Crippen LogP contribution in [-0.2, 0) is 4.79 Å². The predicted octanol–water partition coefficient (Wildman–Crippen LogP) is 2.02. The quantitative estimate of drug-likeness (QED) is 0.744. The van der Waals surface area contributed by atoms with Crippen LogP contribution in [0.2, 0.25) is 0 Å². The van der Waals surface area contributed by atoms with Crippen molar-refractivity contribution in [3.05, 3.63) is 18.2 Å². The van der Waals surface area contributed by atoms with E-state index in [2.05, 4.69) is 5.32 Å². The molecule has 82 valence electrons. The number of carbonyl (C=O) groups excluding carboxylic acids is 1. The van der Waals surface area contributed by atoms with Gasteiger partial charge in [-0.1, -0.05) is 6.92 Å². The highest BCUT2D eigenvalue weighted by Crippen LogP contribution is 2.26. The van der Waals surface area contributed by atoms with Crippen LogP contribution in [0, 0.1) is 0 Å². The minimum atomic E-state index is -0.0265. The van der Waals surface area contributed by atoms with Crippen molar-refractivity contribution in [3.63, 3.8) is 0 Å². The summed E-state index contributed by atoms with van der Waals surface area (Å²) in [6.45, 7) is 1.95. The number of carbonyl (C=O) groups is 1. The number of rotatable bonds is 4. The molecule has 4 heteroatoms. The van der Waals surface area contributed by atoms with Gasteiger partial charge in [-0.15, -0.1) is 0 Å². The smallest absolute Gasteiger partial charge is 0.224 e. The van der Waals surface area contributed by atoms with Gasteiger partial charge in [0.05, 0.1) is 12.8 Å². The van der Waals surface area contributed by atoms with Gasteiger partial charge in [0.2, 0.25) is 5.91 Å². The average molecular weight is 208 g/mol. The molecule has 0 bridgehead atoms. The van der Waals surface area contributed by atoms with Crippen LogP contribution in [0.5, 0.6) is 5.75 Å². The van der Waals surface area contributed by atoms with Gasteiger partial charge >= 0.3 is 0 Å². The first-order valence-electron chi connectivity index (χ1n) is 4.90. The Morgan fingerprint density at radius 3 is 2.87 bits per heavy atom. The molecule has 0 aromatic heterocycles. The Bertz CT molecular complexity index is 350. The fourth-order valence-corrected chi connectivity index (χ4v) is 1.26. The second-order valence-corrected chi connectivity index (χ2v) is 3.26. The number of methoxy groups -OCH3 is 1. The Labute approximate surface area is 89.4 Å². The number of nitrogen functional groups attached to an aromatic ring is 1. The Balaban J connectivity index is 2.82. The van der Waals surface area contributed by atoms with E-state index < -0.39 is 0 Å². The number of hydrogen-bond acceptors (Lipinski definition) is 3. The lowest BCUT2D eigenvalue weighted by Crippen LogP contribution is -2.11. The largest absolute Gasteiger partial charge is 0.495 e. The molecular formula is C11H16N2O2. The third-order valence-corrected chi connectivity index (χ3v) is 1.97. The van der Waals surface area contributed by atoms with Crippen LogP contribution in [0.3, 0.4) is 0 Å². The number of benzene rings is 1. The lowest BCUT2D eigenvalue weighted by atomic mass is 10.2. The van der Waals surface area contributed by atoms with E-state index in [0.717, 1.165) is 6.42 Å². The Morgan fingerprint density at radius 1 is 1.53 bits per heavy atom. The van der Waals surface area contributed by atoms with E-state index in [1.807, 2.05) is 6.92 Å². The zero-order chi connectivity index (χ0) is 11.3. The highest BCUT2D eigenvalue weighted by molar-refractivity contribution is 5.92. The standard InChI is InChI=1S/C11H16N2O2/c1-3-4-11(14)13-9-7-8(12)5-6-10(9)15-2/h5-7H,3-4,12H2,1-2H3,(H,13,14). The van der Waals surface area contributed by atoms with Crippen LogP contribution in [0.1, 0.15) is 19.8 Å². The zero-order valence-electron chi connectivity index (χ0n) is 9.04. The monoisotopic (exact) mass is 208 g/mol. The molecule has 3 N–H and O–H groups in total. The van der Waals surface area contributed by atoms with Gasteiger partial charge in [0.1, 0.15) is 5.75 Å². The Kier molecular flexibility index (Phi) is 3.97. The van der Waals surface area contributed by atoms with Gasteiger partial charge in [0.15, 0.2) is 0 Å². The molecule has 0 aliphatic carbocycles. The highest BCUT2D eigenvalue weighted by Gasteiger charge is 2.06. The van der Waals surface area contributed by atoms with Gasteiger partial charge in [-0.05, 0) is 24.6 Å². The molecule has 0 atom stereocenters. The third-order valence-electron chi connectivity index (χ3n) is 1.97. The van der Waals surface area contributed by atoms with E-state index in [-0.39, 0.29) is 5.91 Å². The summed E-state index contributed by atoms with van der Waals surface area (Å²) in [6.07, 6.45) is 1.31. The van der Waals surface area contributed by atoms with Crippen LogP contribution in [0.15, 0.2) is 18.2 Å². The van der Waals surface area contributed by atoms with Crippen LogP contribution >= 0.6 is 0 Å². The molecule has 1 aromatic carbocycles. The van der Waals surface area contributed by atoms with Crippen molar-refractivity contribution in [2.75, 3.05) is 18.2 Å². The van der Waals surface area contributed by atoms with E-state index in [0.29, 0.717) is 23.5 Å². The Morgan fingerprint density at radius 2 is 2.27 bits per heavy atom. The fraction of sp³-hybridized carbons (Fsp3) is 0.364. The molecule has 0 radical (unpaired) electrons. The topological polar surface area (TPSA) is 64.4 Å². The maximum absolute atomic E-state index is 11.4. The second kappa shape index (κ2) is 5.24. The van der Waals surface area contributed by atoms with E-state index in [9.17, 15) is 4.79 Å². The first-order valence-corrected chi connectivity index (χ1v) is 4.90. The Hall–Kier alpha value is -1.71. The molecule has 1 amide bonds. The molecule has 0 fully saturated rings. The van der Waals surface area contributed by atoms with Crippen molar-refractivity contribution in [1.82, 2.24) is 0 Å². The SMILES string of the molecule is CCCC(=O)Nc1cc(N)ccc1OC. The summed E-state index contributed by atoms with van der Waals surface area (Å²) in [5.74, 6) is 0.593. The molecule has 0 spiro atoms. The van der Waals surface area contributed by atoms with Crippen LogP contribution in [-0.4, -0.2) is 13.0 Å². The summed E-state index contributed by atoms with van der Waals surface area (Å²) in [6, 6.07) is 5.15. The van der Waals surface area contributed by atoms with E-state index in [1.165, 1.54) is 0 Å².